The number of β-amino-alcohol motifs (C(OH)–C–C–N with tert-alkyl or cyclic N) is 1. The lowest BCUT2D eigenvalue weighted by Gasteiger charge is -2.33. The highest BCUT2D eigenvalue weighted by Crippen LogP contribution is 2.09. The Labute approximate surface area is 136 Å². The summed E-state index contributed by atoms with van der Waals surface area (Å²) in [6, 6.07) is 6.24. The summed E-state index contributed by atoms with van der Waals surface area (Å²) >= 11 is 0. The van der Waals surface area contributed by atoms with Gasteiger partial charge in [0.15, 0.2) is 0 Å². The van der Waals surface area contributed by atoms with Crippen LogP contribution in [0.15, 0.2) is 24.3 Å². The smallest absolute Gasteiger partial charge is 0.220 e. The monoisotopic (exact) mass is 324 g/mol. The molecule has 1 saturated heterocycles. The first-order valence-electron chi connectivity index (χ1n) is 7.98. The van der Waals surface area contributed by atoms with Crippen molar-refractivity contribution >= 4 is 5.91 Å². The summed E-state index contributed by atoms with van der Waals surface area (Å²) < 4.78 is 18.3. The zero-order valence-electron chi connectivity index (χ0n) is 13.6. The number of morpholine rings is 1. The zero-order valence-corrected chi connectivity index (χ0v) is 13.6. The number of aryl methyl sites for hydroxylation is 1. The number of aliphatic hydroxyl groups is 1. The number of ether oxygens (including phenoxy) is 1. The lowest BCUT2D eigenvalue weighted by molar-refractivity contribution is -0.122. The summed E-state index contributed by atoms with van der Waals surface area (Å²) in [4.78, 5) is 14.0. The standard InChI is InChI=1S/C17H25FN2O3/c1-17(22,13-20-7-9-23-10-8-20)12-19-16(21)6-5-14-3-2-4-15(18)11-14/h2-4,11,22H,5-10,12-13H2,1H3,(H,19,21). The zero-order chi connectivity index (χ0) is 16.7. The molecule has 2 N–H and O–H groups in total. The number of carbonyl (C=O) groups is 1. The van der Waals surface area contributed by atoms with Crippen LogP contribution in [0.2, 0.25) is 0 Å². The van der Waals surface area contributed by atoms with Gasteiger partial charge in [0.1, 0.15) is 5.82 Å². The van der Waals surface area contributed by atoms with Gasteiger partial charge in [0.2, 0.25) is 5.91 Å². The number of benzene rings is 1. The molecule has 0 spiro atoms. The second kappa shape index (κ2) is 8.38. The summed E-state index contributed by atoms with van der Waals surface area (Å²) in [5.74, 6) is -0.437. The third kappa shape index (κ3) is 6.64. The number of hydrogen-bond acceptors (Lipinski definition) is 4. The van der Waals surface area contributed by atoms with Gasteiger partial charge in [-0.05, 0) is 31.0 Å². The highest BCUT2D eigenvalue weighted by molar-refractivity contribution is 5.76. The second-order valence-electron chi connectivity index (χ2n) is 6.29. The fourth-order valence-electron chi connectivity index (χ4n) is 2.62. The molecule has 1 aromatic rings. The van der Waals surface area contributed by atoms with E-state index in [1.807, 2.05) is 0 Å². The molecule has 6 heteroatoms. The topological polar surface area (TPSA) is 61.8 Å². The van der Waals surface area contributed by atoms with Crippen molar-refractivity contribution in [3.63, 3.8) is 0 Å². The van der Waals surface area contributed by atoms with Crippen LogP contribution in [0.5, 0.6) is 0 Å². The molecule has 23 heavy (non-hydrogen) atoms. The predicted molar refractivity (Wildman–Crippen MR) is 85.6 cm³/mol. The highest BCUT2D eigenvalue weighted by atomic mass is 19.1. The average molecular weight is 324 g/mol. The maximum absolute atomic E-state index is 13.1. The van der Waals surface area contributed by atoms with Crippen LogP contribution in [0.1, 0.15) is 18.9 Å². The van der Waals surface area contributed by atoms with E-state index >= 15 is 0 Å². The van der Waals surface area contributed by atoms with Gasteiger partial charge in [0.05, 0.1) is 18.8 Å². The van der Waals surface area contributed by atoms with Crippen molar-refractivity contribution in [2.24, 2.45) is 0 Å². The first kappa shape index (κ1) is 17.8. The van der Waals surface area contributed by atoms with Gasteiger partial charge < -0.3 is 15.2 Å². The van der Waals surface area contributed by atoms with Crippen LogP contribution >= 0.6 is 0 Å². The van der Waals surface area contributed by atoms with Crippen molar-refractivity contribution < 1.29 is 19.0 Å². The fourth-order valence-corrected chi connectivity index (χ4v) is 2.62. The number of nitrogens with zero attached hydrogens (tertiary/aromatic N) is 1. The molecular formula is C17H25FN2O3. The predicted octanol–water partition coefficient (Wildman–Crippen LogP) is 0.958. The molecule has 0 aromatic heterocycles. The van der Waals surface area contributed by atoms with Gasteiger partial charge >= 0.3 is 0 Å². The lowest BCUT2D eigenvalue weighted by atomic mass is 10.1. The molecule has 1 aliphatic heterocycles. The first-order valence-corrected chi connectivity index (χ1v) is 7.98. The van der Waals surface area contributed by atoms with Crippen LogP contribution in [0, 0.1) is 5.82 Å². The highest BCUT2D eigenvalue weighted by Gasteiger charge is 2.25. The summed E-state index contributed by atoms with van der Waals surface area (Å²) in [5.41, 5.74) is -0.188. The van der Waals surface area contributed by atoms with Crippen molar-refractivity contribution in [2.45, 2.75) is 25.4 Å². The number of rotatable bonds is 7. The Bertz CT molecular complexity index is 516. The van der Waals surface area contributed by atoms with Crippen molar-refractivity contribution in [3.05, 3.63) is 35.6 Å². The van der Waals surface area contributed by atoms with Crippen molar-refractivity contribution in [1.82, 2.24) is 10.2 Å². The van der Waals surface area contributed by atoms with Crippen LogP contribution < -0.4 is 5.32 Å². The maximum Gasteiger partial charge on any atom is 0.220 e. The Morgan fingerprint density at radius 2 is 2.17 bits per heavy atom. The van der Waals surface area contributed by atoms with Gasteiger partial charge in [0.25, 0.3) is 0 Å². The van der Waals surface area contributed by atoms with Crippen LogP contribution in [0.3, 0.4) is 0 Å². The number of nitrogens with one attached hydrogen (secondary N) is 1. The number of hydrogen-bond donors (Lipinski definition) is 2. The van der Waals surface area contributed by atoms with Crippen LogP contribution in [-0.4, -0.2) is 60.9 Å². The third-order valence-corrected chi connectivity index (χ3v) is 3.86. The first-order chi connectivity index (χ1) is 10.9. The molecule has 0 aliphatic carbocycles. The Morgan fingerprint density at radius 1 is 1.43 bits per heavy atom. The molecule has 0 saturated carbocycles. The van der Waals surface area contributed by atoms with E-state index in [0.29, 0.717) is 26.2 Å². The van der Waals surface area contributed by atoms with E-state index < -0.39 is 5.60 Å². The van der Waals surface area contributed by atoms with E-state index in [9.17, 15) is 14.3 Å². The van der Waals surface area contributed by atoms with Gasteiger partial charge in [0, 0.05) is 32.6 Å². The number of carbonyl (C=O) groups excluding carboxylic acids is 1. The van der Waals surface area contributed by atoms with Gasteiger partial charge in [-0.15, -0.1) is 0 Å². The molecule has 1 atom stereocenters. The summed E-state index contributed by atoms with van der Waals surface area (Å²) in [6.07, 6.45) is 0.756. The van der Waals surface area contributed by atoms with Crippen molar-refractivity contribution in [1.29, 1.82) is 0 Å². The van der Waals surface area contributed by atoms with E-state index in [1.165, 1.54) is 12.1 Å². The van der Waals surface area contributed by atoms with E-state index in [2.05, 4.69) is 10.2 Å². The van der Waals surface area contributed by atoms with Gasteiger partial charge in [-0.3, -0.25) is 9.69 Å². The average Bonchev–Trinajstić information content (AvgIpc) is 2.52. The minimum absolute atomic E-state index is 0.142. The maximum atomic E-state index is 13.1. The van der Waals surface area contributed by atoms with E-state index in [-0.39, 0.29) is 24.7 Å². The molecule has 1 aliphatic rings. The van der Waals surface area contributed by atoms with Crippen LogP contribution in [0.25, 0.3) is 0 Å². The Kier molecular flexibility index (Phi) is 6.50. The molecule has 1 unspecified atom stereocenters. The number of amides is 1. The Hall–Kier alpha value is -1.50. The van der Waals surface area contributed by atoms with E-state index in [1.54, 1.807) is 19.1 Å². The molecule has 1 fully saturated rings. The van der Waals surface area contributed by atoms with Crippen molar-refractivity contribution in [2.75, 3.05) is 39.4 Å². The van der Waals surface area contributed by atoms with Crippen LogP contribution in [0.4, 0.5) is 4.39 Å². The molecule has 128 valence electrons. The molecule has 1 aromatic carbocycles. The fraction of sp³-hybridized carbons (Fsp3) is 0.588. The largest absolute Gasteiger partial charge is 0.387 e. The summed E-state index contributed by atoms with van der Waals surface area (Å²) in [6.45, 7) is 5.36. The van der Waals surface area contributed by atoms with Gasteiger partial charge in [-0.25, -0.2) is 4.39 Å². The SMILES string of the molecule is CC(O)(CNC(=O)CCc1cccc(F)c1)CN1CCOCC1. The third-order valence-electron chi connectivity index (χ3n) is 3.86. The second-order valence-corrected chi connectivity index (χ2v) is 6.29. The molecule has 0 radical (unpaired) electrons. The summed E-state index contributed by atoms with van der Waals surface area (Å²) in [5, 5.41) is 13.1. The minimum Gasteiger partial charge on any atom is -0.387 e. The van der Waals surface area contributed by atoms with E-state index in [4.69, 9.17) is 4.74 Å². The Balaban J connectivity index is 1.70. The molecule has 1 heterocycles. The molecule has 5 nitrogen and oxygen atoms in total. The minimum atomic E-state index is -0.980. The van der Waals surface area contributed by atoms with Crippen molar-refractivity contribution in [3.8, 4) is 0 Å². The Morgan fingerprint density at radius 3 is 2.87 bits per heavy atom. The molecule has 0 bridgehead atoms. The van der Waals surface area contributed by atoms with Gasteiger partial charge in [-0.2, -0.15) is 0 Å². The molecule has 1 amide bonds. The van der Waals surface area contributed by atoms with E-state index in [0.717, 1.165) is 18.7 Å². The summed E-state index contributed by atoms with van der Waals surface area (Å²) in [7, 11) is 0. The van der Waals surface area contributed by atoms with Gasteiger partial charge in [-0.1, -0.05) is 12.1 Å². The van der Waals surface area contributed by atoms with Crippen LogP contribution in [-0.2, 0) is 16.0 Å². The number of halogens is 1. The molecule has 2 rings (SSSR count). The normalized spacial score (nSPS) is 18.4. The lowest BCUT2D eigenvalue weighted by Crippen LogP contribution is -2.51. The molecular weight excluding hydrogens is 299 g/mol. The quantitative estimate of drug-likeness (QED) is 0.784.